The molecule has 0 bridgehead atoms. The summed E-state index contributed by atoms with van der Waals surface area (Å²) in [5.74, 6) is 0.558. The predicted octanol–water partition coefficient (Wildman–Crippen LogP) is 2.85. The Kier molecular flexibility index (Phi) is 4.66. The van der Waals surface area contributed by atoms with E-state index in [0.717, 1.165) is 0 Å². The van der Waals surface area contributed by atoms with Gasteiger partial charge in [-0.2, -0.15) is 10.5 Å². The van der Waals surface area contributed by atoms with E-state index in [1.165, 1.54) is 18.5 Å². The van der Waals surface area contributed by atoms with Crippen LogP contribution < -0.4 is 11.1 Å². The lowest BCUT2D eigenvalue weighted by molar-refractivity contribution is 0.625. The van der Waals surface area contributed by atoms with Crippen molar-refractivity contribution in [1.29, 1.82) is 10.5 Å². The summed E-state index contributed by atoms with van der Waals surface area (Å²) in [5, 5.41) is 22.0. The van der Waals surface area contributed by atoms with Gasteiger partial charge in [0.2, 0.25) is 0 Å². The number of hydrogen-bond acceptors (Lipinski definition) is 8. The SMILES string of the molecule is C[C@H](Nc1ncnc(N)c1C#N)c1nc2ccc(F)c(C#N)c2n1-c1ccccn1. The minimum absolute atomic E-state index is 0.0502. The van der Waals surface area contributed by atoms with E-state index in [1.807, 2.05) is 12.1 Å². The highest BCUT2D eigenvalue weighted by atomic mass is 19.1. The van der Waals surface area contributed by atoms with E-state index < -0.39 is 11.9 Å². The lowest BCUT2D eigenvalue weighted by Crippen LogP contribution is -2.16. The number of benzene rings is 1. The highest BCUT2D eigenvalue weighted by molar-refractivity contribution is 5.84. The van der Waals surface area contributed by atoms with Crippen molar-refractivity contribution in [3.05, 3.63) is 65.6 Å². The Labute approximate surface area is 170 Å². The number of nitriles is 2. The molecule has 0 saturated heterocycles. The number of imidazole rings is 1. The molecule has 4 aromatic rings. The van der Waals surface area contributed by atoms with Gasteiger partial charge >= 0.3 is 0 Å². The van der Waals surface area contributed by atoms with E-state index in [4.69, 9.17) is 5.73 Å². The molecular weight excluding hydrogens is 385 g/mol. The zero-order valence-corrected chi connectivity index (χ0v) is 15.7. The number of rotatable bonds is 4. The monoisotopic (exact) mass is 399 g/mol. The van der Waals surface area contributed by atoms with Gasteiger partial charge in [0.1, 0.15) is 58.7 Å². The molecule has 1 atom stereocenters. The molecule has 0 saturated carbocycles. The molecule has 1 aromatic carbocycles. The van der Waals surface area contributed by atoms with Crippen molar-refractivity contribution >= 4 is 22.7 Å². The Balaban J connectivity index is 1.93. The minimum atomic E-state index is -0.649. The van der Waals surface area contributed by atoms with E-state index in [1.54, 1.807) is 35.9 Å². The molecule has 0 aliphatic carbocycles. The first-order valence-corrected chi connectivity index (χ1v) is 8.84. The van der Waals surface area contributed by atoms with Crippen molar-refractivity contribution < 1.29 is 4.39 Å². The second-order valence-electron chi connectivity index (χ2n) is 6.36. The number of fused-ring (bicyclic) bond motifs is 1. The number of nitrogens with one attached hydrogen (secondary N) is 1. The molecule has 0 unspecified atom stereocenters. The third-order valence-electron chi connectivity index (χ3n) is 4.51. The first kappa shape index (κ1) is 18.8. The van der Waals surface area contributed by atoms with E-state index in [0.29, 0.717) is 22.7 Å². The molecular formula is C20H14FN9. The molecule has 4 rings (SSSR count). The van der Waals surface area contributed by atoms with Crippen LogP contribution >= 0.6 is 0 Å². The molecule has 146 valence electrons. The van der Waals surface area contributed by atoms with Crippen LogP contribution in [0.15, 0.2) is 42.9 Å². The molecule has 3 N–H and O–H groups in total. The van der Waals surface area contributed by atoms with E-state index in [2.05, 4.69) is 25.3 Å². The summed E-state index contributed by atoms with van der Waals surface area (Å²) in [7, 11) is 0. The van der Waals surface area contributed by atoms with Crippen molar-refractivity contribution in [2.24, 2.45) is 0 Å². The summed E-state index contributed by atoms with van der Waals surface area (Å²) in [5.41, 5.74) is 6.48. The number of nitrogen functional groups attached to an aromatic ring is 1. The fraction of sp³-hybridized carbons (Fsp3) is 0.100. The van der Waals surface area contributed by atoms with Gasteiger partial charge in [-0.1, -0.05) is 6.07 Å². The zero-order chi connectivity index (χ0) is 21.3. The van der Waals surface area contributed by atoms with Crippen LogP contribution in [-0.4, -0.2) is 24.5 Å². The lowest BCUT2D eigenvalue weighted by Gasteiger charge is -2.17. The maximum absolute atomic E-state index is 14.3. The lowest BCUT2D eigenvalue weighted by atomic mass is 10.2. The molecule has 3 aromatic heterocycles. The minimum Gasteiger partial charge on any atom is -0.382 e. The van der Waals surface area contributed by atoms with Gasteiger partial charge in [-0.25, -0.2) is 24.3 Å². The van der Waals surface area contributed by atoms with Crippen LogP contribution in [0.3, 0.4) is 0 Å². The van der Waals surface area contributed by atoms with Crippen LogP contribution in [0.5, 0.6) is 0 Å². The molecule has 0 radical (unpaired) electrons. The Morgan fingerprint density at radius 3 is 2.60 bits per heavy atom. The van der Waals surface area contributed by atoms with Crippen molar-refractivity contribution in [3.63, 3.8) is 0 Å². The number of aromatic nitrogens is 5. The van der Waals surface area contributed by atoms with Gasteiger partial charge in [0.15, 0.2) is 0 Å². The number of anilines is 2. The largest absolute Gasteiger partial charge is 0.382 e. The highest BCUT2D eigenvalue weighted by Crippen LogP contribution is 2.30. The van der Waals surface area contributed by atoms with Gasteiger partial charge in [-0.05, 0) is 31.2 Å². The fourth-order valence-electron chi connectivity index (χ4n) is 3.16. The molecule has 0 aliphatic heterocycles. The first-order chi connectivity index (χ1) is 14.5. The standard InChI is InChI=1S/C20H14FN9/c1-11(28-19-13(9-23)18(24)26-10-27-19)20-29-15-6-5-14(21)12(8-22)17(15)30(20)16-4-2-3-7-25-16/h2-7,10-11H,1H3,(H3,24,26,27,28)/t11-/m0/s1. The molecule has 10 heteroatoms. The molecule has 30 heavy (non-hydrogen) atoms. The maximum Gasteiger partial charge on any atom is 0.150 e. The van der Waals surface area contributed by atoms with Gasteiger partial charge in [0.25, 0.3) is 0 Å². The van der Waals surface area contributed by atoms with Gasteiger partial charge in [-0.15, -0.1) is 0 Å². The van der Waals surface area contributed by atoms with Crippen LogP contribution in [0.2, 0.25) is 0 Å². The van der Waals surface area contributed by atoms with Crippen LogP contribution in [-0.2, 0) is 0 Å². The molecule has 3 heterocycles. The summed E-state index contributed by atoms with van der Waals surface area (Å²) in [4.78, 5) is 16.8. The van der Waals surface area contributed by atoms with Crippen LogP contribution in [0.25, 0.3) is 16.9 Å². The van der Waals surface area contributed by atoms with Gasteiger partial charge in [0.05, 0.1) is 17.1 Å². The van der Waals surface area contributed by atoms with E-state index >= 15 is 0 Å². The molecule has 0 spiro atoms. The Morgan fingerprint density at radius 1 is 1.10 bits per heavy atom. The van der Waals surface area contributed by atoms with E-state index in [9.17, 15) is 14.9 Å². The van der Waals surface area contributed by atoms with Crippen LogP contribution in [0, 0.1) is 28.5 Å². The highest BCUT2D eigenvalue weighted by Gasteiger charge is 2.23. The van der Waals surface area contributed by atoms with Gasteiger partial charge in [-0.3, -0.25) is 4.57 Å². The quantitative estimate of drug-likeness (QED) is 0.533. The predicted molar refractivity (Wildman–Crippen MR) is 107 cm³/mol. The third kappa shape index (κ3) is 3.02. The fourth-order valence-corrected chi connectivity index (χ4v) is 3.16. The van der Waals surface area contributed by atoms with Crippen molar-refractivity contribution in [2.45, 2.75) is 13.0 Å². The molecule has 0 amide bonds. The smallest absolute Gasteiger partial charge is 0.150 e. The second-order valence-corrected chi connectivity index (χ2v) is 6.36. The maximum atomic E-state index is 14.3. The topological polar surface area (TPSA) is 142 Å². The average Bonchev–Trinajstić information content (AvgIpc) is 3.14. The summed E-state index contributed by atoms with van der Waals surface area (Å²) >= 11 is 0. The van der Waals surface area contributed by atoms with E-state index in [-0.39, 0.29) is 22.8 Å². The number of halogens is 1. The molecule has 9 nitrogen and oxygen atoms in total. The number of hydrogen-bond donors (Lipinski definition) is 2. The summed E-state index contributed by atoms with van der Waals surface area (Å²) in [6.07, 6.45) is 2.84. The molecule has 0 aliphatic rings. The van der Waals surface area contributed by atoms with Gasteiger partial charge in [0, 0.05) is 6.20 Å². The summed E-state index contributed by atoms with van der Waals surface area (Å²) in [6.45, 7) is 1.79. The molecule has 0 fully saturated rings. The van der Waals surface area contributed by atoms with Crippen molar-refractivity contribution in [2.75, 3.05) is 11.1 Å². The van der Waals surface area contributed by atoms with Crippen molar-refractivity contribution in [1.82, 2.24) is 24.5 Å². The van der Waals surface area contributed by atoms with Crippen LogP contribution in [0.1, 0.15) is 29.9 Å². The number of nitrogens with zero attached hydrogens (tertiary/aromatic N) is 7. The second kappa shape index (κ2) is 7.45. The summed E-state index contributed by atoms with van der Waals surface area (Å²) < 4.78 is 16.0. The van der Waals surface area contributed by atoms with Crippen molar-refractivity contribution in [3.8, 4) is 18.0 Å². The number of pyridine rings is 1. The normalized spacial score (nSPS) is 11.6. The van der Waals surface area contributed by atoms with Gasteiger partial charge < -0.3 is 11.1 Å². The summed E-state index contributed by atoms with van der Waals surface area (Å²) in [6, 6.07) is 11.3. The third-order valence-corrected chi connectivity index (χ3v) is 4.51. The first-order valence-electron chi connectivity index (χ1n) is 8.84. The Bertz CT molecular complexity index is 1330. The number of nitrogens with two attached hydrogens (primary N) is 1. The Hall–Kier alpha value is -4.57. The Morgan fingerprint density at radius 2 is 1.90 bits per heavy atom. The average molecular weight is 399 g/mol. The zero-order valence-electron chi connectivity index (χ0n) is 15.7. The van der Waals surface area contributed by atoms with Crippen LogP contribution in [0.4, 0.5) is 16.0 Å².